The van der Waals surface area contributed by atoms with Crippen LogP contribution in [-0.2, 0) is 5.41 Å². The predicted molar refractivity (Wildman–Crippen MR) is 210 cm³/mol. The molecule has 0 spiro atoms. The second-order valence-electron chi connectivity index (χ2n) is 13.0. The van der Waals surface area contributed by atoms with Crippen LogP contribution in [0.2, 0.25) is 0 Å². The molecule has 0 aliphatic heterocycles. The van der Waals surface area contributed by atoms with Crippen LogP contribution in [0.3, 0.4) is 0 Å². The number of rotatable bonds is 2. The highest BCUT2D eigenvalue weighted by molar-refractivity contribution is 6.71. The van der Waals surface area contributed by atoms with Crippen molar-refractivity contribution in [2.75, 3.05) is 0 Å². The maximum Gasteiger partial charge on any atom is 0.113 e. The minimum Gasteiger partial charge on any atom is -0.110 e. The Balaban J connectivity index is 1.65. The Bertz CT molecular complexity index is 2440. The minimum absolute atomic E-state index is 0.197. The molecule has 0 fully saturated rings. The summed E-state index contributed by atoms with van der Waals surface area (Å²) in [6.07, 6.45) is 0. The third-order valence-electron chi connectivity index (χ3n) is 10.2. The first-order valence-corrected chi connectivity index (χ1v) is 15.4. The summed E-state index contributed by atoms with van der Waals surface area (Å²) in [5.41, 5.74) is 9.63. The topological polar surface area (TPSA) is 0 Å². The maximum absolute atomic E-state index is 6.98. The number of hydrogen-bond donors (Lipinski definition) is 0. The van der Waals surface area contributed by atoms with E-state index >= 15 is 0 Å². The molecule has 8 heteroatoms. The summed E-state index contributed by atoms with van der Waals surface area (Å²) < 4.78 is 0. The molecule has 7 aromatic rings. The molecule has 1 aliphatic carbocycles. The molecule has 0 saturated heterocycles. The number of benzene rings is 7. The van der Waals surface area contributed by atoms with Crippen molar-refractivity contribution in [2.45, 2.75) is 19.3 Å². The zero-order valence-corrected chi connectivity index (χ0v) is 26.2. The molecule has 0 saturated carbocycles. The van der Waals surface area contributed by atoms with E-state index in [4.69, 9.17) is 62.8 Å². The second-order valence-corrected chi connectivity index (χ2v) is 13.0. The predicted octanol–water partition coefficient (Wildman–Crippen LogP) is 1.14. The molecule has 1 aliphatic rings. The van der Waals surface area contributed by atoms with Gasteiger partial charge in [-0.05, 0) is 82.9 Å². The fraction of sp³-hybridized carbons (Fsp3) is 0.0769. The van der Waals surface area contributed by atoms with E-state index in [2.05, 4.69) is 74.5 Å². The molecule has 0 N–H and O–H groups in total. The summed E-state index contributed by atoms with van der Waals surface area (Å²) in [5, 5.41) is 4.48. The molecule has 8 rings (SSSR count). The number of hydrogen-bond acceptors (Lipinski definition) is 0. The largest absolute Gasteiger partial charge is 0.113 e. The second kappa shape index (κ2) is 10.4. The van der Waals surface area contributed by atoms with E-state index in [-0.39, 0.29) is 27.3 Å². The fourth-order valence-electron chi connectivity index (χ4n) is 7.81. The Morgan fingerprint density at radius 1 is 0.404 bits per heavy atom. The van der Waals surface area contributed by atoms with Gasteiger partial charge in [-0.3, -0.25) is 0 Å². The highest BCUT2D eigenvalue weighted by Gasteiger charge is 2.36. The van der Waals surface area contributed by atoms with Gasteiger partial charge in [0.2, 0.25) is 0 Å². The van der Waals surface area contributed by atoms with Gasteiger partial charge in [0.15, 0.2) is 0 Å². The Kier molecular flexibility index (Phi) is 6.69. The lowest BCUT2D eigenvalue weighted by Gasteiger charge is -2.29. The van der Waals surface area contributed by atoms with Crippen molar-refractivity contribution in [1.82, 2.24) is 0 Å². The molecule has 16 radical (unpaired) electrons. The Morgan fingerprint density at radius 2 is 0.872 bits per heavy atom. The Morgan fingerprint density at radius 3 is 1.49 bits per heavy atom. The van der Waals surface area contributed by atoms with Crippen LogP contribution in [-0.4, -0.2) is 62.8 Å². The third kappa shape index (κ3) is 4.00. The van der Waals surface area contributed by atoms with Gasteiger partial charge in [0, 0.05) is 5.41 Å². The van der Waals surface area contributed by atoms with Crippen molar-refractivity contribution in [3.05, 3.63) is 96.1 Å². The van der Waals surface area contributed by atoms with Gasteiger partial charge < -0.3 is 0 Å². The Labute approximate surface area is 286 Å². The smallest absolute Gasteiger partial charge is 0.110 e. The van der Waals surface area contributed by atoms with Crippen LogP contribution in [0.1, 0.15) is 25.0 Å². The van der Waals surface area contributed by atoms with Gasteiger partial charge in [-0.1, -0.05) is 115 Å². The van der Waals surface area contributed by atoms with Crippen molar-refractivity contribution in [2.24, 2.45) is 0 Å². The van der Waals surface area contributed by atoms with E-state index < -0.39 is 0 Å². The van der Waals surface area contributed by atoms with Crippen LogP contribution in [0.5, 0.6) is 0 Å². The van der Waals surface area contributed by atoms with E-state index in [0.717, 1.165) is 21.9 Å². The fourth-order valence-corrected chi connectivity index (χ4v) is 7.81. The van der Waals surface area contributed by atoms with Crippen molar-refractivity contribution >= 4 is 139 Å². The lowest BCUT2D eigenvalue weighted by atomic mass is 9.59. The van der Waals surface area contributed by atoms with E-state index in [1.54, 1.807) is 0 Å². The van der Waals surface area contributed by atoms with Gasteiger partial charge in [-0.25, -0.2) is 0 Å². The molecular formula is C39H20B8. The van der Waals surface area contributed by atoms with Gasteiger partial charge >= 0.3 is 0 Å². The summed E-state index contributed by atoms with van der Waals surface area (Å²) in [4.78, 5) is 0. The maximum atomic E-state index is 6.98. The van der Waals surface area contributed by atoms with Crippen molar-refractivity contribution in [1.29, 1.82) is 0 Å². The van der Waals surface area contributed by atoms with Crippen molar-refractivity contribution in [3.8, 4) is 33.4 Å². The normalized spacial score (nSPS) is 13.3. The van der Waals surface area contributed by atoms with Crippen LogP contribution in [0.15, 0.2) is 84.9 Å². The molecule has 7 aromatic carbocycles. The first-order valence-electron chi connectivity index (χ1n) is 15.4. The standard InChI is InChI=1S/C39H20B8/c1-39(2)23-13-6-5-11-20(23)21-15-14-18(16-24(21)39)25-27-29(33(42)37(46)35(44)31(27)40)26(22-12-7-9-17-8-3-4-10-19(17)22)30-28(25)32(41)36(45)38(47)34(30)43/h3-16H,1-2H3. The summed E-state index contributed by atoms with van der Waals surface area (Å²) in [6, 6.07) is 29.1. The van der Waals surface area contributed by atoms with Gasteiger partial charge in [-0.15, -0.1) is 21.9 Å². The van der Waals surface area contributed by atoms with E-state index in [1.165, 1.54) is 22.3 Å². The average Bonchev–Trinajstić information content (AvgIpc) is 3.32. The monoisotopic (exact) mass is 576 g/mol. The van der Waals surface area contributed by atoms with Crippen molar-refractivity contribution < 1.29 is 0 Å². The third-order valence-corrected chi connectivity index (χ3v) is 10.2. The van der Waals surface area contributed by atoms with E-state index in [9.17, 15) is 0 Å². The minimum atomic E-state index is -0.265. The van der Waals surface area contributed by atoms with Crippen LogP contribution < -0.4 is 43.7 Å². The quantitative estimate of drug-likeness (QED) is 0.215. The molecule has 47 heavy (non-hydrogen) atoms. The number of fused-ring (bicyclic) bond motifs is 6. The summed E-state index contributed by atoms with van der Waals surface area (Å²) >= 11 is 0. The SMILES string of the molecule is [B]c1c([B])c([B])c2c(-c3cccc4ccccc34)c3c([B])c([B])c([B])c([B])c3c(-c3ccc4c(c3)C(C)(C)c3ccccc3-4)c2c1[B]. The van der Waals surface area contributed by atoms with Gasteiger partial charge in [0.05, 0.1) is 0 Å². The van der Waals surface area contributed by atoms with Crippen LogP contribution in [0.25, 0.3) is 65.7 Å². The molecule has 0 aromatic heterocycles. The molecule has 200 valence electrons. The van der Waals surface area contributed by atoms with Crippen LogP contribution in [0.4, 0.5) is 0 Å². The first kappa shape index (κ1) is 30.2. The van der Waals surface area contributed by atoms with Crippen LogP contribution in [0, 0.1) is 0 Å². The first-order chi connectivity index (χ1) is 22.4. The molecule has 0 nitrogen and oxygen atoms in total. The summed E-state index contributed by atoms with van der Waals surface area (Å²) in [5.74, 6) is 0. The molecular weight excluding hydrogens is 555 g/mol. The molecule has 0 atom stereocenters. The van der Waals surface area contributed by atoms with E-state index in [1.807, 2.05) is 24.3 Å². The summed E-state index contributed by atoms with van der Waals surface area (Å²) in [6.45, 7) is 4.47. The van der Waals surface area contributed by atoms with Gasteiger partial charge in [0.25, 0.3) is 0 Å². The highest BCUT2D eigenvalue weighted by Crippen LogP contribution is 2.50. The molecule has 0 amide bonds. The van der Waals surface area contributed by atoms with Crippen LogP contribution >= 0.6 is 0 Å². The van der Waals surface area contributed by atoms with Crippen molar-refractivity contribution in [3.63, 3.8) is 0 Å². The van der Waals surface area contributed by atoms with E-state index in [0.29, 0.717) is 54.5 Å². The molecule has 0 bridgehead atoms. The van der Waals surface area contributed by atoms with Gasteiger partial charge in [-0.2, -0.15) is 0 Å². The molecule has 0 unspecified atom stereocenters. The Hall–Kier alpha value is -4.16. The van der Waals surface area contributed by atoms with Gasteiger partial charge in [0.1, 0.15) is 62.8 Å². The highest BCUT2D eigenvalue weighted by atomic mass is 14.4. The lowest BCUT2D eigenvalue weighted by Crippen LogP contribution is -2.50. The molecule has 0 heterocycles. The zero-order chi connectivity index (χ0) is 33.1. The average molecular weight is 575 g/mol. The lowest BCUT2D eigenvalue weighted by molar-refractivity contribution is 0.660. The zero-order valence-electron chi connectivity index (χ0n) is 26.2. The summed E-state index contributed by atoms with van der Waals surface area (Å²) in [7, 11) is 54.3.